The lowest BCUT2D eigenvalue weighted by Gasteiger charge is -2.34. The predicted molar refractivity (Wildman–Crippen MR) is 103 cm³/mol. The normalized spacial score (nSPS) is 15.2. The van der Waals surface area contributed by atoms with Crippen LogP contribution >= 0.6 is 0 Å². The van der Waals surface area contributed by atoms with E-state index in [9.17, 15) is 9.18 Å². The average Bonchev–Trinajstić information content (AvgIpc) is 2.61. The fraction of sp³-hybridized carbons (Fsp3) is 0.381. The van der Waals surface area contributed by atoms with Gasteiger partial charge in [-0.3, -0.25) is 4.79 Å². The molecule has 26 heavy (non-hydrogen) atoms. The van der Waals surface area contributed by atoms with Crippen molar-refractivity contribution in [1.29, 1.82) is 0 Å². The molecule has 1 aliphatic heterocycles. The Kier molecular flexibility index (Phi) is 5.57. The van der Waals surface area contributed by atoms with Gasteiger partial charge in [-0.05, 0) is 55.7 Å². The van der Waals surface area contributed by atoms with Crippen LogP contribution in [0.1, 0.15) is 16.7 Å². The standard InChI is InChI=1S/C21H26FN3O/c1-15-5-4-6-20(17(15)3)25-11-9-24(10-12-25)14-21(26)23-18-8-7-16(2)19(22)13-18/h4-8,13H,9-12,14H2,1-3H3,(H,23,26)/p+1. The number of quaternary nitrogens is 1. The lowest BCUT2D eigenvalue weighted by molar-refractivity contribution is -0.892. The summed E-state index contributed by atoms with van der Waals surface area (Å²) < 4.78 is 13.6. The third-order valence-corrected chi connectivity index (χ3v) is 5.25. The van der Waals surface area contributed by atoms with E-state index in [0.29, 0.717) is 17.8 Å². The van der Waals surface area contributed by atoms with E-state index >= 15 is 0 Å². The van der Waals surface area contributed by atoms with Gasteiger partial charge >= 0.3 is 0 Å². The first-order valence-corrected chi connectivity index (χ1v) is 9.15. The van der Waals surface area contributed by atoms with Crippen LogP contribution in [0.25, 0.3) is 0 Å². The van der Waals surface area contributed by atoms with E-state index in [-0.39, 0.29) is 11.7 Å². The summed E-state index contributed by atoms with van der Waals surface area (Å²) >= 11 is 0. The molecule has 0 radical (unpaired) electrons. The van der Waals surface area contributed by atoms with Crippen molar-refractivity contribution >= 4 is 17.3 Å². The monoisotopic (exact) mass is 356 g/mol. The van der Waals surface area contributed by atoms with Gasteiger partial charge in [-0.1, -0.05) is 18.2 Å². The Bertz CT molecular complexity index is 798. The molecule has 0 saturated carbocycles. The molecule has 2 aromatic carbocycles. The number of carbonyl (C=O) groups is 1. The topological polar surface area (TPSA) is 36.8 Å². The van der Waals surface area contributed by atoms with E-state index in [0.717, 1.165) is 26.2 Å². The molecule has 1 amide bonds. The minimum Gasteiger partial charge on any atom is -0.360 e. The maximum Gasteiger partial charge on any atom is 0.279 e. The minimum absolute atomic E-state index is 0.0663. The number of benzene rings is 2. The third-order valence-electron chi connectivity index (χ3n) is 5.25. The summed E-state index contributed by atoms with van der Waals surface area (Å²) in [6.45, 7) is 10.1. The molecule has 5 heteroatoms. The van der Waals surface area contributed by atoms with E-state index in [1.54, 1.807) is 19.1 Å². The molecule has 3 rings (SSSR count). The van der Waals surface area contributed by atoms with Gasteiger partial charge in [-0.2, -0.15) is 0 Å². The van der Waals surface area contributed by atoms with Crippen molar-refractivity contribution in [2.75, 3.05) is 42.9 Å². The number of carbonyl (C=O) groups excluding carboxylic acids is 1. The summed E-state index contributed by atoms with van der Waals surface area (Å²) in [6, 6.07) is 11.2. The Balaban J connectivity index is 1.52. The molecule has 1 heterocycles. The number of anilines is 2. The number of hydrogen-bond acceptors (Lipinski definition) is 2. The average molecular weight is 356 g/mol. The van der Waals surface area contributed by atoms with Crippen molar-refractivity contribution < 1.29 is 14.1 Å². The van der Waals surface area contributed by atoms with Gasteiger partial charge in [0.2, 0.25) is 0 Å². The molecule has 0 unspecified atom stereocenters. The molecule has 0 aromatic heterocycles. The molecule has 2 aromatic rings. The van der Waals surface area contributed by atoms with Crippen LogP contribution in [-0.4, -0.2) is 38.6 Å². The van der Waals surface area contributed by atoms with Crippen LogP contribution in [0, 0.1) is 26.6 Å². The molecular weight excluding hydrogens is 329 g/mol. The van der Waals surface area contributed by atoms with Gasteiger partial charge in [0.1, 0.15) is 5.82 Å². The Morgan fingerprint density at radius 2 is 1.85 bits per heavy atom. The second-order valence-corrected chi connectivity index (χ2v) is 7.15. The molecule has 0 aliphatic carbocycles. The first-order valence-electron chi connectivity index (χ1n) is 9.15. The molecule has 138 valence electrons. The highest BCUT2D eigenvalue weighted by molar-refractivity contribution is 5.91. The maximum absolute atomic E-state index is 13.6. The highest BCUT2D eigenvalue weighted by Crippen LogP contribution is 2.22. The lowest BCUT2D eigenvalue weighted by atomic mass is 10.1. The number of amides is 1. The number of piperazine rings is 1. The molecule has 0 bridgehead atoms. The van der Waals surface area contributed by atoms with Crippen molar-refractivity contribution in [2.45, 2.75) is 20.8 Å². The van der Waals surface area contributed by atoms with Crippen LogP contribution in [0.5, 0.6) is 0 Å². The Morgan fingerprint density at radius 3 is 2.54 bits per heavy atom. The van der Waals surface area contributed by atoms with Crippen LogP contribution in [0.4, 0.5) is 15.8 Å². The zero-order valence-electron chi connectivity index (χ0n) is 15.7. The van der Waals surface area contributed by atoms with Gasteiger partial charge in [-0.15, -0.1) is 0 Å². The SMILES string of the molecule is Cc1ccc(NC(=O)C[NH+]2CCN(c3cccc(C)c3C)CC2)cc1F. The quantitative estimate of drug-likeness (QED) is 0.880. The highest BCUT2D eigenvalue weighted by Gasteiger charge is 2.23. The molecule has 2 N–H and O–H groups in total. The number of rotatable bonds is 4. The van der Waals surface area contributed by atoms with E-state index in [1.807, 2.05) is 0 Å². The van der Waals surface area contributed by atoms with Gasteiger partial charge in [0.15, 0.2) is 6.54 Å². The molecule has 1 aliphatic rings. The number of nitrogens with one attached hydrogen (secondary N) is 2. The van der Waals surface area contributed by atoms with E-state index in [4.69, 9.17) is 0 Å². The van der Waals surface area contributed by atoms with Gasteiger partial charge in [0.05, 0.1) is 26.2 Å². The van der Waals surface area contributed by atoms with Crippen LogP contribution < -0.4 is 15.1 Å². The molecule has 1 fully saturated rings. The molecule has 1 saturated heterocycles. The van der Waals surface area contributed by atoms with Crippen LogP contribution in [0.15, 0.2) is 36.4 Å². The van der Waals surface area contributed by atoms with Crippen LogP contribution in [-0.2, 0) is 4.79 Å². The smallest absolute Gasteiger partial charge is 0.279 e. The first kappa shape index (κ1) is 18.4. The predicted octanol–water partition coefficient (Wildman–Crippen LogP) is 2.09. The summed E-state index contributed by atoms with van der Waals surface area (Å²) in [5.41, 5.74) is 5.03. The number of aryl methyl sites for hydroxylation is 2. The fourth-order valence-corrected chi connectivity index (χ4v) is 3.42. The summed E-state index contributed by atoms with van der Waals surface area (Å²) in [5, 5.41) is 2.80. The summed E-state index contributed by atoms with van der Waals surface area (Å²) in [5.74, 6) is -0.360. The van der Waals surface area contributed by atoms with Crippen molar-refractivity contribution in [3.05, 3.63) is 58.9 Å². The number of nitrogens with zero attached hydrogens (tertiary/aromatic N) is 1. The van der Waals surface area contributed by atoms with Gasteiger partial charge in [0.25, 0.3) is 5.91 Å². The third kappa shape index (κ3) is 4.22. The van der Waals surface area contributed by atoms with Crippen molar-refractivity contribution in [1.82, 2.24) is 0 Å². The summed E-state index contributed by atoms with van der Waals surface area (Å²) in [6.07, 6.45) is 0. The van der Waals surface area contributed by atoms with E-state index in [1.165, 1.54) is 27.8 Å². The number of halogens is 1. The van der Waals surface area contributed by atoms with Crippen LogP contribution in [0.3, 0.4) is 0 Å². The van der Waals surface area contributed by atoms with Gasteiger partial charge < -0.3 is 15.1 Å². The maximum atomic E-state index is 13.6. The number of hydrogen-bond donors (Lipinski definition) is 2. The Morgan fingerprint density at radius 1 is 1.12 bits per heavy atom. The zero-order valence-corrected chi connectivity index (χ0v) is 15.7. The minimum atomic E-state index is -0.294. The first-order chi connectivity index (χ1) is 12.4. The van der Waals surface area contributed by atoms with Gasteiger partial charge in [0, 0.05) is 11.4 Å². The molecular formula is C21H27FN3O+. The lowest BCUT2D eigenvalue weighted by Crippen LogP contribution is -3.15. The second-order valence-electron chi connectivity index (χ2n) is 7.15. The zero-order chi connectivity index (χ0) is 18.7. The van der Waals surface area contributed by atoms with E-state index < -0.39 is 0 Å². The second kappa shape index (κ2) is 7.87. The van der Waals surface area contributed by atoms with Gasteiger partial charge in [-0.25, -0.2) is 4.39 Å². The molecule has 0 atom stereocenters. The largest absolute Gasteiger partial charge is 0.360 e. The van der Waals surface area contributed by atoms with Crippen molar-refractivity contribution in [2.24, 2.45) is 0 Å². The Labute approximate surface area is 154 Å². The Hall–Kier alpha value is -2.40. The van der Waals surface area contributed by atoms with Crippen molar-refractivity contribution in [3.8, 4) is 0 Å². The van der Waals surface area contributed by atoms with Crippen molar-refractivity contribution in [3.63, 3.8) is 0 Å². The fourth-order valence-electron chi connectivity index (χ4n) is 3.42. The summed E-state index contributed by atoms with van der Waals surface area (Å²) in [7, 11) is 0. The van der Waals surface area contributed by atoms with E-state index in [2.05, 4.69) is 42.3 Å². The summed E-state index contributed by atoms with van der Waals surface area (Å²) in [4.78, 5) is 15.9. The highest BCUT2D eigenvalue weighted by atomic mass is 19.1. The molecule has 4 nitrogen and oxygen atoms in total. The molecule has 0 spiro atoms. The van der Waals surface area contributed by atoms with Crippen LogP contribution in [0.2, 0.25) is 0 Å².